The van der Waals surface area contributed by atoms with Crippen LogP contribution in [0.2, 0.25) is 10.3 Å². The molecule has 2 saturated carbocycles. The van der Waals surface area contributed by atoms with Crippen LogP contribution < -0.4 is 16.1 Å². The molecule has 0 atom stereocenters. The molecular weight excluding hydrogens is 985 g/mol. The monoisotopic (exact) mass is 1020 g/mol. The lowest BCUT2D eigenvalue weighted by Gasteiger charge is -2.19. The van der Waals surface area contributed by atoms with Crippen molar-refractivity contribution in [2.75, 3.05) is 10.6 Å². The number of benzene rings is 2. The summed E-state index contributed by atoms with van der Waals surface area (Å²) in [4.78, 5) is 16.6. The van der Waals surface area contributed by atoms with Gasteiger partial charge in [-0.3, -0.25) is 0 Å². The van der Waals surface area contributed by atoms with Crippen molar-refractivity contribution in [2.45, 2.75) is 102 Å². The van der Waals surface area contributed by atoms with E-state index in [1.807, 2.05) is 6.92 Å². The average molecular weight is 1020 g/mol. The van der Waals surface area contributed by atoms with E-state index < -0.39 is 59.5 Å². The summed E-state index contributed by atoms with van der Waals surface area (Å²) in [5, 5.41) is 24.1. The predicted molar refractivity (Wildman–Crippen MR) is 210 cm³/mol. The van der Waals surface area contributed by atoms with Gasteiger partial charge in [-0.05, 0) is 97.4 Å². The van der Waals surface area contributed by atoms with Crippen LogP contribution in [0.3, 0.4) is 0 Å². The zero-order chi connectivity index (χ0) is 45.0. The predicted octanol–water partition coefficient (Wildman–Crippen LogP) is 11.3. The smallest absolute Gasteiger partial charge is 0.423 e. The summed E-state index contributed by atoms with van der Waals surface area (Å²) in [5.74, 6) is 2.01. The average Bonchev–Trinajstić information content (AvgIpc) is 3.84. The van der Waals surface area contributed by atoms with E-state index in [2.05, 4.69) is 53.2 Å². The largest absolute Gasteiger partial charge is 0.488 e. The quantitative estimate of drug-likeness (QED) is 0.0653. The van der Waals surface area contributed by atoms with Crippen LogP contribution in [0.25, 0.3) is 11.1 Å². The number of alkyl halides is 12. The number of nitrogens with one attached hydrogen (secondary N) is 2. The first-order chi connectivity index (χ1) is 27.6. The fraction of sp³-hybridized carbons (Fsp3) is 0.444. The van der Waals surface area contributed by atoms with Gasteiger partial charge in [-0.15, -0.1) is 0 Å². The zero-order valence-electron chi connectivity index (χ0n) is 31.2. The summed E-state index contributed by atoms with van der Waals surface area (Å²) in [6.45, 7) is 3.41. The van der Waals surface area contributed by atoms with Crippen LogP contribution in [0.5, 0.6) is 0 Å². The lowest BCUT2D eigenvalue weighted by molar-refractivity contribution is -0.144. The second kappa shape index (κ2) is 19.8. The molecule has 2 aliphatic carbocycles. The SMILES string of the molecule is Cc1nc(Cl)c(-c2cc(C(F)(F)F)cc(C(F)(F)F)c2)c(NC2CCCC2)n1.Cc1nc(Cl)c(I)c(NC2CCCC2)n1.OB(O)c1cc(C(F)(F)F)cc(C(F)(F)F)c1. The van der Waals surface area contributed by atoms with Gasteiger partial charge in [-0.2, -0.15) is 52.7 Å². The highest BCUT2D eigenvalue weighted by molar-refractivity contribution is 14.1. The molecule has 2 aromatic carbocycles. The number of aromatic nitrogens is 4. The van der Waals surface area contributed by atoms with E-state index in [-0.39, 0.29) is 58.2 Å². The zero-order valence-corrected chi connectivity index (χ0v) is 34.9. The molecule has 2 aromatic heterocycles. The van der Waals surface area contributed by atoms with Crippen LogP contribution >= 0.6 is 45.8 Å². The van der Waals surface area contributed by atoms with Gasteiger partial charge in [0.1, 0.15) is 33.6 Å². The molecule has 0 spiro atoms. The van der Waals surface area contributed by atoms with Gasteiger partial charge >= 0.3 is 31.8 Å². The van der Waals surface area contributed by atoms with Gasteiger partial charge in [-0.1, -0.05) is 61.0 Å². The molecule has 6 rings (SSSR count). The fourth-order valence-corrected chi connectivity index (χ4v) is 7.20. The van der Waals surface area contributed by atoms with Crippen LogP contribution in [0, 0.1) is 17.4 Å². The van der Waals surface area contributed by atoms with E-state index in [4.69, 9.17) is 33.2 Å². The van der Waals surface area contributed by atoms with Crippen molar-refractivity contribution in [2.24, 2.45) is 0 Å². The molecule has 328 valence electrons. The molecule has 0 aliphatic heterocycles. The van der Waals surface area contributed by atoms with E-state index in [1.54, 1.807) is 6.92 Å². The van der Waals surface area contributed by atoms with Gasteiger partial charge < -0.3 is 20.7 Å². The van der Waals surface area contributed by atoms with Gasteiger partial charge in [0.2, 0.25) is 0 Å². The number of hydrogen-bond donors (Lipinski definition) is 4. The molecule has 0 unspecified atom stereocenters. The van der Waals surface area contributed by atoms with Gasteiger partial charge in [-0.25, -0.2) is 19.9 Å². The summed E-state index contributed by atoms with van der Waals surface area (Å²) in [5.41, 5.74) is -7.29. The van der Waals surface area contributed by atoms with Gasteiger partial charge in [0.15, 0.2) is 0 Å². The van der Waals surface area contributed by atoms with Crippen LogP contribution in [0.4, 0.5) is 64.3 Å². The Kier molecular flexibility index (Phi) is 16.3. The molecule has 0 radical (unpaired) electrons. The van der Waals surface area contributed by atoms with E-state index in [0.29, 0.717) is 23.3 Å². The van der Waals surface area contributed by atoms with E-state index in [1.165, 1.54) is 25.7 Å². The minimum absolute atomic E-state index is 0.0250. The summed E-state index contributed by atoms with van der Waals surface area (Å²) < 4.78 is 154. The number of rotatable bonds is 6. The Balaban J connectivity index is 0.000000213. The number of aryl methyl sites for hydroxylation is 2. The number of anilines is 2. The van der Waals surface area contributed by atoms with E-state index >= 15 is 0 Å². The molecule has 2 fully saturated rings. The standard InChI is InChI=1S/C18H16ClF6N3.C10H13ClIN3.C8H5BF6O2/c1-9-26-15(19)14(16(27-9)28-13-4-2-3-5-13)10-6-11(17(20,21)22)8-12(7-10)18(23,24)25;1-6-13-9(11)8(12)10(14-6)15-7-4-2-3-5-7;10-7(11,12)4-1-5(8(13,14)15)3-6(2-4)9(16)17/h6-8,13H,2-5H2,1H3,(H,26,27,28);7H,2-5H2,1H3,(H,13,14,15);1-3,16-17H. The van der Waals surface area contributed by atoms with Crippen molar-refractivity contribution in [1.82, 2.24) is 19.9 Å². The molecule has 2 heterocycles. The molecule has 2 aliphatic rings. The third-order valence-corrected chi connectivity index (χ3v) is 11.0. The Morgan fingerprint density at radius 1 is 0.567 bits per heavy atom. The molecule has 0 amide bonds. The third kappa shape index (κ3) is 13.8. The summed E-state index contributed by atoms with van der Waals surface area (Å²) >= 11 is 14.3. The summed E-state index contributed by atoms with van der Waals surface area (Å²) in [7, 11) is -2.40. The molecule has 4 aromatic rings. The highest BCUT2D eigenvalue weighted by Crippen LogP contribution is 2.42. The molecular formula is C36H34BCl2F12IN6O2. The molecule has 60 heavy (non-hydrogen) atoms. The van der Waals surface area contributed by atoms with Crippen molar-refractivity contribution in [3.63, 3.8) is 0 Å². The highest BCUT2D eigenvalue weighted by atomic mass is 127. The van der Waals surface area contributed by atoms with Crippen molar-refractivity contribution in [1.29, 1.82) is 0 Å². The minimum atomic E-state index is -5.00. The van der Waals surface area contributed by atoms with E-state index in [0.717, 1.165) is 40.9 Å². The van der Waals surface area contributed by atoms with Gasteiger partial charge in [0.25, 0.3) is 0 Å². The van der Waals surface area contributed by atoms with Crippen LogP contribution in [0.15, 0.2) is 36.4 Å². The minimum Gasteiger partial charge on any atom is -0.423 e. The number of nitrogens with zero attached hydrogens (tertiary/aromatic N) is 4. The third-order valence-electron chi connectivity index (χ3n) is 9.08. The Bertz CT molecular complexity index is 2050. The molecule has 0 saturated heterocycles. The highest BCUT2D eigenvalue weighted by Gasteiger charge is 2.39. The first-order valence-electron chi connectivity index (χ1n) is 17.9. The Morgan fingerprint density at radius 3 is 1.30 bits per heavy atom. The maximum absolute atomic E-state index is 13.2. The second-order valence-corrected chi connectivity index (χ2v) is 15.6. The van der Waals surface area contributed by atoms with Crippen molar-refractivity contribution < 1.29 is 62.7 Å². The first-order valence-corrected chi connectivity index (χ1v) is 19.7. The number of halogens is 15. The molecule has 4 N–H and O–H groups in total. The first kappa shape index (κ1) is 49.3. The lowest BCUT2D eigenvalue weighted by Crippen LogP contribution is -2.32. The Hall–Kier alpha value is -3.35. The molecule has 8 nitrogen and oxygen atoms in total. The van der Waals surface area contributed by atoms with Crippen LogP contribution in [-0.4, -0.2) is 49.2 Å². The van der Waals surface area contributed by atoms with Crippen LogP contribution in [0.1, 0.15) is 85.3 Å². The van der Waals surface area contributed by atoms with Crippen LogP contribution in [-0.2, 0) is 24.7 Å². The van der Waals surface area contributed by atoms with Crippen molar-refractivity contribution in [3.8, 4) is 11.1 Å². The maximum Gasteiger partial charge on any atom is 0.488 e. The topological polar surface area (TPSA) is 116 Å². The maximum atomic E-state index is 13.2. The van der Waals surface area contributed by atoms with Crippen molar-refractivity contribution in [3.05, 3.63) is 84.2 Å². The van der Waals surface area contributed by atoms with Crippen molar-refractivity contribution >= 4 is 70.0 Å². The normalized spacial score (nSPS) is 15.2. The molecule has 24 heteroatoms. The second-order valence-electron chi connectivity index (χ2n) is 13.8. The van der Waals surface area contributed by atoms with Gasteiger partial charge in [0.05, 0.1) is 31.4 Å². The lowest BCUT2D eigenvalue weighted by atomic mass is 9.78. The van der Waals surface area contributed by atoms with Gasteiger partial charge in [0, 0.05) is 12.1 Å². The number of hydrogen-bond acceptors (Lipinski definition) is 8. The summed E-state index contributed by atoms with van der Waals surface area (Å²) in [6.07, 6.45) is -11.2. The Morgan fingerprint density at radius 2 is 0.917 bits per heavy atom. The fourth-order valence-electron chi connectivity index (χ4n) is 6.27. The van der Waals surface area contributed by atoms with E-state index in [9.17, 15) is 52.7 Å². The molecule has 0 bridgehead atoms. The summed E-state index contributed by atoms with van der Waals surface area (Å²) in [6, 6.07) is 2.34. The Labute approximate surface area is 359 Å².